The summed E-state index contributed by atoms with van der Waals surface area (Å²) in [6, 6.07) is 0.684. The van der Waals surface area contributed by atoms with E-state index >= 15 is 0 Å². The number of amides is 1. The Labute approximate surface area is 152 Å². The minimum atomic E-state index is -5.91. The van der Waals surface area contributed by atoms with Crippen molar-refractivity contribution in [3.05, 3.63) is 28.3 Å². The molecule has 0 fully saturated rings. The molecule has 0 aliphatic heterocycles. The normalized spacial score (nSPS) is 12.6. The first-order chi connectivity index (χ1) is 12.2. The van der Waals surface area contributed by atoms with Crippen molar-refractivity contribution in [2.75, 3.05) is 18.8 Å². The van der Waals surface area contributed by atoms with Crippen LogP contribution in [-0.4, -0.2) is 56.9 Å². The number of sulfone groups is 2. The number of carbonyl (C=O) groups excluding carboxylic acids is 1. The van der Waals surface area contributed by atoms with Gasteiger partial charge in [0.15, 0.2) is 9.84 Å². The zero-order chi connectivity index (χ0) is 21.2. The first kappa shape index (κ1) is 22.8. The maximum absolute atomic E-state index is 12.6. The van der Waals surface area contributed by atoms with Crippen LogP contribution in [0.2, 0.25) is 0 Å². The first-order valence-electron chi connectivity index (χ1n) is 7.29. The molecular weight excluding hydrogens is 417 g/mol. The minimum Gasteiger partial charge on any atom is -0.342 e. The molecular formula is C13H15F3N2O7S2. The summed E-state index contributed by atoms with van der Waals surface area (Å²) in [5, 5.41) is 11.1. The van der Waals surface area contributed by atoms with Crippen molar-refractivity contribution in [1.82, 2.24) is 4.90 Å². The zero-order valence-corrected chi connectivity index (χ0v) is 15.7. The molecule has 1 aromatic rings. The van der Waals surface area contributed by atoms with E-state index in [4.69, 9.17) is 0 Å². The van der Waals surface area contributed by atoms with Crippen molar-refractivity contribution in [1.29, 1.82) is 0 Å². The fraction of sp³-hybridized carbons (Fsp3) is 0.462. The number of nitrogens with zero attached hydrogens (tertiary/aromatic N) is 2. The SMILES string of the molecule is CCN(CC)C(=O)CS(=O)(=O)c1ccc(S(=O)(=O)C(F)(F)F)cc1[N+](=O)[O-]. The topological polar surface area (TPSA) is 132 Å². The van der Waals surface area contributed by atoms with Gasteiger partial charge in [-0.1, -0.05) is 0 Å². The molecule has 0 spiro atoms. The maximum Gasteiger partial charge on any atom is 0.501 e. The Morgan fingerprint density at radius 3 is 2.07 bits per heavy atom. The lowest BCUT2D eigenvalue weighted by atomic mass is 10.3. The van der Waals surface area contributed by atoms with Gasteiger partial charge in [0.05, 0.1) is 9.82 Å². The summed E-state index contributed by atoms with van der Waals surface area (Å²) in [4.78, 5) is 20.4. The molecule has 1 rings (SSSR count). The maximum atomic E-state index is 12.6. The molecule has 1 aromatic carbocycles. The number of benzene rings is 1. The highest BCUT2D eigenvalue weighted by Crippen LogP contribution is 2.34. The first-order valence-corrected chi connectivity index (χ1v) is 10.4. The quantitative estimate of drug-likeness (QED) is 0.471. The van der Waals surface area contributed by atoms with Gasteiger partial charge in [-0.25, -0.2) is 16.8 Å². The number of hydrogen-bond donors (Lipinski definition) is 0. The summed E-state index contributed by atoms with van der Waals surface area (Å²) in [5.41, 5.74) is -7.09. The molecule has 0 atom stereocenters. The molecule has 0 saturated carbocycles. The Kier molecular flexibility index (Phi) is 6.59. The summed E-state index contributed by atoms with van der Waals surface area (Å²) >= 11 is 0. The van der Waals surface area contributed by atoms with Crippen LogP contribution in [0.5, 0.6) is 0 Å². The monoisotopic (exact) mass is 432 g/mol. The molecule has 0 aliphatic rings. The molecule has 14 heteroatoms. The number of alkyl halides is 3. The third-order valence-electron chi connectivity index (χ3n) is 3.51. The van der Waals surface area contributed by atoms with Crippen LogP contribution in [0.1, 0.15) is 13.8 Å². The van der Waals surface area contributed by atoms with Crippen molar-refractivity contribution in [3.63, 3.8) is 0 Å². The van der Waals surface area contributed by atoms with Crippen LogP contribution < -0.4 is 0 Å². The summed E-state index contributed by atoms with van der Waals surface area (Å²) in [6.45, 7) is 3.51. The highest BCUT2D eigenvalue weighted by atomic mass is 32.2. The number of carbonyl (C=O) groups is 1. The molecule has 1 amide bonds. The number of hydrogen-bond acceptors (Lipinski definition) is 7. The Morgan fingerprint density at radius 1 is 1.15 bits per heavy atom. The fourth-order valence-electron chi connectivity index (χ4n) is 2.11. The van der Waals surface area contributed by atoms with Crippen LogP contribution in [0.15, 0.2) is 28.0 Å². The van der Waals surface area contributed by atoms with Crippen molar-refractivity contribution in [2.24, 2.45) is 0 Å². The molecule has 27 heavy (non-hydrogen) atoms. The molecule has 0 aliphatic carbocycles. The summed E-state index contributed by atoms with van der Waals surface area (Å²) in [5.74, 6) is -2.01. The van der Waals surface area contributed by atoms with Gasteiger partial charge in [0, 0.05) is 19.2 Å². The van der Waals surface area contributed by atoms with Gasteiger partial charge in [-0.15, -0.1) is 0 Å². The lowest BCUT2D eigenvalue weighted by Crippen LogP contribution is -2.35. The molecule has 0 heterocycles. The van der Waals surface area contributed by atoms with Gasteiger partial charge in [-0.05, 0) is 26.0 Å². The predicted octanol–water partition coefficient (Wildman–Crippen LogP) is 1.53. The second kappa shape index (κ2) is 7.80. The smallest absolute Gasteiger partial charge is 0.342 e. The Bertz CT molecular complexity index is 953. The Balaban J connectivity index is 3.50. The van der Waals surface area contributed by atoms with Crippen LogP contribution in [0, 0.1) is 10.1 Å². The van der Waals surface area contributed by atoms with Gasteiger partial charge >= 0.3 is 5.51 Å². The molecule has 0 N–H and O–H groups in total. The average Bonchev–Trinajstić information content (AvgIpc) is 2.53. The fourth-order valence-corrected chi connectivity index (χ4v) is 4.28. The van der Waals surface area contributed by atoms with E-state index in [1.165, 1.54) is 0 Å². The van der Waals surface area contributed by atoms with Gasteiger partial charge in [-0.2, -0.15) is 13.2 Å². The van der Waals surface area contributed by atoms with E-state index in [-0.39, 0.29) is 19.2 Å². The molecule has 152 valence electrons. The van der Waals surface area contributed by atoms with Crippen molar-refractivity contribution >= 4 is 31.3 Å². The van der Waals surface area contributed by atoms with E-state index < -0.39 is 57.2 Å². The lowest BCUT2D eigenvalue weighted by molar-refractivity contribution is -0.388. The second-order valence-electron chi connectivity index (χ2n) is 5.16. The Hall–Kier alpha value is -2.22. The summed E-state index contributed by atoms with van der Waals surface area (Å²) in [7, 11) is -10.5. The van der Waals surface area contributed by atoms with E-state index in [0.29, 0.717) is 12.1 Å². The molecule has 0 bridgehead atoms. The van der Waals surface area contributed by atoms with E-state index in [0.717, 1.165) is 4.90 Å². The van der Waals surface area contributed by atoms with Gasteiger partial charge in [0.1, 0.15) is 10.6 Å². The third kappa shape index (κ3) is 4.74. The Morgan fingerprint density at radius 2 is 1.67 bits per heavy atom. The van der Waals surface area contributed by atoms with E-state index in [1.807, 2.05) is 0 Å². The van der Waals surface area contributed by atoms with Gasteiger partial charge in [-0.3, -0.25) is 14.9 Å². The average molecular weight is 432 g/mol. The predicted molar refractivity (Wildman–Crippen MR) is 86.3 cm³/mol. The van der Waals surface area contributed by atoms with Gasteiger partial charge in [0.25, 0.3) is 15.5 Å². The number of nitro benzene ring substituents is 1. The molecule has 0 aromatic heterocycles. The molecule has 0 radical (unpaired) electrons. The largest absolute Gasteiger partial charge is 0.501 e. The van der Waals surface area contributed by atoms with Gasteiger partial charge in [0.2, 0.25) is 5.91 Å². The molecule has 0 unspecified atom stereocenters. The highest BCUT2D eigenvalue weighted by molar-refractivity contribution is 7.92. The van der Waals surface area contributed by atoms with Crippen LogP contribution in [0.3, 0.4) is 0 Å². The second-order valence-corrected chi connectivity index (χ2v) is 9.06. The molecule has 0 saturated heterocycles. The van der Waals surface area contributed by atoms with E-state index in [2.05, 4.69) is 0 Å². The summed E-state index contributed by atoms with van der Waals surface area (Å²) in [6.07, 6.45) is 0. The standard InChI is InChI=1S/C13H15F3N2O7S2/c1-3-17(4-2)12(19)8-26(22,23)11-6-5-9(7-10(11)18(20)21)27(24,25)13(14,15)16/h5-7H,3-4,8H2,1-2H3. The van der Waals surface area contributed by atoms with Gasteiger partial charge < -0.3 is 4.90 Å². The van der Waals surface area contributed by atoms with E-state index in [9.17, 15) is 44.9 Å². The number of nitro groups is 1. The van der Waals surface area contributed by atoms with E-state index in [1.54, 1.807) is 13.8 Å². The van der Waals surface area contributed by atoms with Crippen molar-refractivity contribution in [2.45, 2.75) is 29.1 Å². The van der Waals surface area contributed by atoms with Crippen LogP contribution in [-0.2, 0) is 24.5 Å². The summed E-state index contributed by atoms with van der Waals surface area (Å²) < 4.78 is 85.2. The highest BCUT2D eigenvalue weighted by Gasteiger charge is 2.47. The van der Waals surface area contributed by atoms with Crippen LogP contribution >= 0.6 is 0 Å². The zero-order valence-electron chi connectivity index (χ0n) is 14.1. The molecule has 9 nitrogen and oxygen atoms in total. The number of halogens is 3. The third-order valence-corrected chi connectivity index (χ3v) is 6.63. The lowest BCUT2D eigenvalue weighted by Gasteiger charge is -2.18. The minimum absolute atomic E-state index is 0.0115. The van der Waals surface area contributed by atoms with Crippen LogP contribution in [0.4, 0.5) is 18.9 Å². The van der Waals surface area contributed by atoms with Crippen LogP contribution in [0.25, 0.3) is 0 Å². The van der Waals surface area contributed by atoms with Crippen molar-refractivity contribution < 1.29 is 39.7 Å². The number of rotatable bonds is 7. The van der Waals surface area contributed by atoms with Crippen molar-refractivity contribution in [3.8, 4) is 0 Å².